The van der Waals surface area contributed by atoms with E-state index in [4.69, 9.17) is 10.2 Å². The molecule has 0 spiro atoms. The highest BCUT2D eigenvalue weighted by Crippen LogP contribution is 2.35. The Kier molecular flexibility index (Phi) is 3.31. The Morgan fingerprint density at radius 2 is 2.28 bits per heavy atom. The molecule has 0 amide bonds. The summed E-state index contributed by atoms with van der Waals surface area (Å²) in [5.41, 5.74) is 6.57. The molecule has 0 bridgehead atoms. The van der Waals surface area contributed by atoms with Gasteiger partial charge in [0, 0.05) is 10.6 Å². The lowest BCUT2D eigenvalue weighted by molar-refractivity contribution is 0.457. The maximum absolute atomic E-state index is 13.6. The lowest BCUT2D eigenvalue weighted by atomic mass is 10.1. The summed E-state index contributed by atoms with van der Waals surface area (Å²) in [6.45, 7) is 0. The van der Waals surface area contributed by atoms with Crippen molar-refractivity contribution in [1.29, 1.82) is 0 Å². The average molecular weight is 265 g/mol. The van der Waals surface area contributed by atoms with Gasteiger partial charge in [0.15, 0.2) is 11.4 Å². The summed E-state index contributed by atoms with van der Waals surface area (Å²) < 4.78 is 19.2. The first-order valence-corrected chi connectivity index (χ1v) is 7.36. The quantitative estimate of drug-likeness (QED) is 0.896. The van der Waals surface area contributed by atoms with Crippen molar-refractivity contribution in [2.45, 2.75) is 30.6 Å². The third kappa shape index (κ3) is 2.15. The minimum absolute atomic E-state index is 0.137. The van der Waals surface area contributed by atoms with Gasteiger partial charge in [-0.25, -0.2) is 4.39 Å². The van der Waals surface area contributed by atoms with Crippen molar-refractivity contribution >= 4 is 22.7 Å². The molecule has 2 N–H and O–H groups in total. The van der Waals surface area contributed by atoms with Crippen LogP contribution in [0.3, 0.4) is 0 Å². The van der Waals surface area contributed by atoms with Gasteiger partial charge in [-0.2, -0.15) is 11.8 Å². The van der Waals surface area contributed by atoms with E-state index in [1.54, 1.807) is 6.07 Å². The molecule has 3 rings (SSSR count). The molecule has 1 aromatic carbocycles. The number of benzene rings is 1. The molecule has 2 atom stereocenters. The first-order valence-electron chi connectivity index (χ1n) is 6.31. The number of rotatable bonds is 2. The van der Waals surface area contributed by atoms with Crippen LogP contribution in [0.4, 0.5) is 4.39 Å². The van der Waals surface area contributed by atoms with E-state index in [1.807, 2.05) is 23.9 Å². The van der Waals surface area contributed by atoms with E-state index in [0.29, 0.717) is 16.6 Å². The molecule has 1 aliphatic heterocycles. The van der Waals surface area contributed by atoms with Crippen LogP contribution in [0.1, 0.15) is 31.1 Å². The standard InChI is InChI=1S/C14H16FNOS/c15-10-5-3-4-9-8-11(17-14(9)10)13(16)12-6-1-2-7-18-12/h3-5,8,12-13H,1-2,6-7,16H2. The van der Waals surface area contributed by atoms with E-state index >= 15 is 0 Å². The van der Waals surface area contributed by atoms with Crippen LogP contribution in [-0.2, 0) is 0 Å². The topological polar surface area (TPSA) is 39.2 Å². The number of nitrogens with two attached hydrogens (primary N) is 1. The number of halogens is 1. The summed E-state index contributed by atoms with van der Waals surface area (Å²) in [7, 11) is 0. The van der Waals surface area contributed by atoms with Gasteiger partial charge < -0.3 is 10.2 Å². The fourth-order valence-electron chi connectivity index (χ4n) is 2.44. The molecule has 2 unspecified atom stereocenters. The molecular weight excluding hydrogens is 249 g/mol. The van der Waals surface area contributed by atoms with Crippen molar-refractivity contribution in [2.75, 3.05) is 5.75 Å². The molecule has 1 saturated heterocycles. The molecule has 4 heteroatoms. The highest BCUT2D eigenvalue weighted by molar-refractivity contribution is 8.00. The van der Waals surface area contributed by atoms with Crippen LogP contribution < -0.4 is 5.73 Å². The van der Waals surface area contributed by atoms with Crippen molar-refractivity contribution in [2.24, 2.45) is 5.73 Å². The molecule has 0 saturated carbocycles. The summed E-state index contributed by atoms with van der Waals surface area (Å²) in [4.78, 5) is 0. The van der Waals surface area contributed by atoms with Crippen LogP contribution in [0.2, 0.25) is 0 Å². The molecule has 1 aromatic heterocycles. The van der Waals surface area contributed by atoms with E-state index in [1.165, 1.54) is 18.9 Å². The summed E-state index contributed by atoms with van der Waals surface area (Å²) in [6.07, 6.45) is 3.61. The summed E-state index contributed by atoms with van der Waals surface area (Å²) in [6, 6.07) is 6.70. The molecule has 2 aromatic rings. The summed E-state index contributed by atoms with van der Waals surface area (Å²) in [5, 5.41) is 1.18. The lowest BCUT2D eigenvalue weighted by Gasteiger charge is -2.25. The van der Waals surface area contributed by atoms with Gasteiger partial charge in [-0.05, 0) is 30.7 Å². The third-order valence-electron chi connectivity index (χ3n) is 3.46. The molecule has 18 heavy (non-hydrogen) atoms. The Labute approximate surface area is 110 Å². The Bertz CT molecular complexity index is 548. The van der Waals surface area contributed by atoms with Crippen LogP contribution in [0.25, 0.3) is 11.0 Å². The lowest BCUT2D eigenvalue weighted by Crippen LogP contribution is -2.25. The van der Waals surface area contributed by atoms with Crippen LogP contribution >= 0.6 is 11.8 Å². The van der Waals surface area contributed by atoms with E-state index < -0.39 is 0 Å². The first kappa shape index (κ1) is 12.1. The number of furan rings is 1. The number of hydrogen-bond acceptors (Lipinski definition) is 3. The minimum atomic E-state index is -0.317. The van der Waals surface area contributed by atoms with Gasteiger partial charge in [-0.15, -0.1) is 0 Å². The average Bonchev–Trinajstić information content (AvgIpc) is 2.84. The number of fused-ring (bicyclic) bond motifs is 1. The highest BCUT2D eigenvalue weighted by Gasteiger charge is 2.25. The van der Waals surface area contributed by atoms with E-state index in [0.717, 1.165) is 17.6 Å². The van der Waals surface area contributed by atoms with Crippen LogP contribution in [0.15, 0.2) is 28.7 Å². The molecule has 96 valence electrons. The van der Waals surface area contributed by atoms with E-state index in [9.17, 15) is 4.39 Å². The Balaban J connectivity index is 1.91. The smallest absolute Gasteiger partial charge is 0.169 e. The number of para-hydroxylation sites is 1. The fraction of sp³-hybridized carbons (Fsp3) is 0.429. The van der Waals surface area contributed by atoms with Crippen molar-refractivity contribution in [3.63, 3.8) is 0 Å². The fourth-order valence-corrected chi connectivity index (χ4v) is 3.79. The van der Waals surface area contributed by atoms with Gasteiger partial charge in [0.2, 0.25) is 0 Å². The second-order valence-corrected chi connectivity index (χ2v) is 6.08. The molecular formula is C14H16FNOS. The monoisotopic (exact) mass is 265 g/mol. The first-order chi connectivity index (χ1) is 8.75. The van der Waals surface area contributed by atoms with Crippen molar-refractivity contribution in [1.82, 2.24) is 0 Å². The maximum Gasteiger partial charge on any atom is 0.169 e. The molecule has 2 heterocycles. The van der Waals surface area contributed by atoms with Gasteiger partial charge in [0.25, 0.3) is 0 Å². The zero-order valence-corrected chi connectivity index (χ0v) is 10.9. The zero-order chi connectivity index (χ0) is 12.5. The van der Waals surface area contributed by atoms with Crippen molar-refractivity contribution in [3.05, 3.63) is 35.8 Å². The third-order valence-corrected chi connectivity index (χ3v) is 4.94. The largest absolute Gasteiger partial charge is 0.456 e. The van der Waals surface area contributed by atoms with Gasteiger partial charge in [-0.1, -0.05) is 18.6 Å². The van der Waals surface area contributed by atoms with Crippen molar-refractivity contribution < 1.29 is 8.81 Å². The normalized spacial score (nSPS) is 22.2. The van der Waals surface area contributed by atoms with Gasteiger partial charge in [-0.3, -0.25) is 0 Å². The second kappa shape index (κ2) is 4.94. The molecule has 0 aliphatic carbocycles. The zero-order valence-electron chi connectivity index (χ0n) is 10.1. The van der Waals surface area contributed by atoms with Gasteiger partial charge in [0.05, 0.1) is 6.04 Å². The Morgan fingerprint density at radius 1 is 1.39 bits per heavy atom. The molecule has 1 fully saturated rings. The molecule has 1 aliphatic rings. The minimum Gasteiger partial charge on any atom is -0.456 e. The summed E-state index contributed by atoms with van der Waals surface area (Å²) >= 11 is 1.90. The van der Waals surface area contributed by atoms with Crippen LogP contribution in [0.5, 0.6) is 0 Å². The van der Waals surface area contributed by atoms with Gasteiger partial charge >= 0.3 is 0 Å². The molecule has 0 radical (unpaired) electrons. The number of thioether (sulfide) groups is 1. The van der Waals surface area contributed by atoms with Crippen molar-refractivity contribution in [3.8, 4) is 0 Å². The van der Waals surface area contributed by atoms with Gasteiger partial charge in [0.1, 0.15) is 5.76 Å². The van der Waals surface area contributed by atoms with Crippen LogP contribution in [-0.4, -0.2) is 11.0 Å². The highest BCUT2D eigenvalue weighted by atomic mass is 32.2. The SMILES string of the molecule is NC(c1cc2cccc(F)c2o1)C1CCCCS1. The maximum atomic E-state index is 13.6. The van der Waals surface area contributed by atoms with E-state index in [-0.39, 0.29) is 11.9 Å². The predicted octanol–water partition coefficient (Wildman–Crippen LogP) is 3.86. The van der Waals surface area contributed by atoms with E-state index in [2.05, 4.69) is 0 Å². The van der Waals surface area contributed by atoms with Crippen LogP contribution in [0, 0.1) is 5.82 Å². The Hall–Kier alpha value is -1.000. The number of hydrogen-bond donors (Lipinski definition) is 1. The second-order valence-electron chi connectivity index (χ2n) is 4.74. The summed E-state index contributed by atoms with van der Waals surface area (Å²) in [5.74, 6) is 1.55. The predicted molar refractivity (Wildman–Crippen MR) is 73.2 cm³/mol. The molecule has 2 nitrogen and oxygen atoms in total. The Morgan fingerprint density at radius 3 is 3.00 bits per heavy atom.